The SMILES string of the molecule is Cl.O=C(NCCCCC1CCNCC1)c1ccc(S(=O)(=O)N(Oc2ccc(Br)cc2)c2ccccc2)cc1. The number of carbonyl (C=O) groups excluding carboxylic acids is 1. The predicted molar refractivity (Wildman–Crippen MR) is 156 cm³/mol. The lowest BCUT2D eigenvalue weighted by atomic mass is 9.92. The van der Waals surface area contributed by atoms with Gasteiger partial charge in [0.1, 0.15) is 0 Å². The number of hydrogen-bond donors (Lipinski definition) is 2. The minimum absolute atomic E-state index is 0. The van der Waals surface area contributed by atoms with Crippen molar-refractivity contribution in [3.63, 3.8) is 0 Å². The molecule has 3 aromatic rings. The summed E-state index contributed by atoms with van der Waals surface area (Å²) in [7, 11) is -4.08. The van der Waals surface area contributed by atoms with Gasteiger partial charge in [-0.15, -0.1) is 12.4 Å². The summed E-state index contributed by atoms with van der Waals surface area (Å²) in [5.41, 5.74) is 0.772. The minimum Gasteiger partial charge on any atom is -0.364 e. The molecule has 0 spiro atoms. The molecule has 204 valence electrons. The number of nitrogens with zero attached hydrogens (tertiary/aromatic N) is 1. The molecule has 4 rings (SSSR count). The molecule has 0 atom stereocenters. The summed E-state index contributed by atoms with van der Waals surface area (Å²) in [5.74, 6) is 0.943. The number of para-hydroxylation sites is 1. The van der Waals surface area contributed by atoms with Crippen LogP contribution in [0.25, 0.3) is 0 Å². The number of hydrogen-bond acceptors (Lipinski definition) is 5. The van der Waals surface area contributed by atoms with Gasteiger partial charge in [0, 0.05) is 16.6 Å². The summed E-state index contributed by atoms with van der Waals surface area (Å²) in [4.78, 5) is 18.4. The predicted octanol–water partition coefficient (Wildman–Crippen LogP) is 5.96. The molecule has 0 radical (unpaired) electrons. The van der Waals surface area contributed by atoms with E-state index in [-0.39, 0.29) is 23.2 Å². The molecule has 1 aliphatic heterocycles. The van der Waals surface area contributed by atoms with Gasteiger partial charge in [0.2, 0.25) is 0 Å². The van der Waals surface area contributed by atoms with Gasteiger partial charge in [0.15, 0.2) is 5.75 Å². The normalized spacial score (nSPS) is 13.8. The molecule has 1 saturated heterocycles. The lowest BCUT2D eigenvalue weighted by Gasteiger charge is -2.24. The van der Waals surface area contributed by atoms with Crippen molar-refractivity contribution in [2.75, 3.05) is 24.1 Å². The Morgan fingerprint density at radius 2 is 1.61 bits per heavy atom. The molecule has 2 N–H and O–H groups in total. The van der Waals surface area contributed by atoms with E-state index in [0.717, 1.165) is 40.8 Å². The van der Waals surface area contributed by atoms with Crippen LogP contribution in [0.15, 0.2) is 88.2 Å². The molecule has 0 bridgehead atoms. The summed E-state index contributed by atoms with van der Waals surface area (Å²) in [6, 6.07) is 21.4. The molecular weight excluding hydrogens is 590 g/mol. The molecule has 1 fully saturated rings. The lowest BCUT2D eigenvalue weighted by molar-refractivity contribution is 0.0952. The number of benzene rings is 3. The molecule has 10 heteroatoms. The maximum atomic E-state index is 13.5. The average Bonchev–Trinajstić information content (AvgIpc) is 2.93. The van der Waals surface area contributed by atoms with Crippen LogP contribution in [0.4, 0.5) is 5.69 Å². The molecule has 0 saturated carbocycles. The van der Waals surface area contributed by atoms with E-state index in [9.17, 15) is 13.2 Å². The summed E-state index contributed by atoms with van der Waals surface area (Å²) in [5, 5.41) is 6.32. The molecule has 38 heavy (non-hydrogen) atoms. The van der Waals surface area contributed by atoms with Crippen LogP contribution in [0.2, 0.25) is 0 Å². The fourth-order valence-electron chi connectivity index (χ4n) is 4.29. The number of halogens is 2. The maximum Gasteiger partial charge on any atom is 0.295 e. The van der Waals surface area contributed by atoms with Crippen molar-refractivity contribution >= 4 is 50.0 Å². The number of amides is 1. The van der Waals surface area contributed by atoms with Crippen LogP contribution in [0, 0.1) is 5.92 Å². The highest BCUT2D eigenvalue weighted by molar-refractivity contribution is 9.10. The zero-order valence-corrected chi connectivity index (χ0v) is 24.2. The van der Waals surface area contributed by atoms with Crippen molar-refractivity contribution in [3.05, 3.63) is 88.9 Å². The Labute approximate surface area is 239 Å². The molecule has 0 unspecified atom stereocenters. The fraction of sp³-hybridized carbons (Fsp3) is 0.321. The van der Waals surface area contributed by atoms with E-state index in [1.165, 1.54) is 43.5 Å². The molecule has 1 amide bonds. The van der Waals surface area contributed by atoms with Crippen LogP contribution in [0.5, 0.6) is 5.75 Å². The number of piperidine rings is 1. The molecular formula is C28H33BrClN3O4S. The van der Waals surface area contributed by atoms with Crippen LogP contribution < -0.4 is 19.9 Å². The third-order valence-corrected chi connectivity index (χ3v) is 8.50. The quantitative estimate of drug-likeness (QED) is 0.204. The topological polar surface area (TPSA) is 87.7 Å². The first kappa shape index (κ1) is 30.0. The van der Waals surface area contributed by atoms with E-state index in [4.69, 9.17) is 4.84 Å². The second-order valence-electron chi connectivity index (χ2n) is 9.08. The van der Waals surface area contributed by atoms with E-state index in [1.807, 2.05) is 0 Å². The summed E-state index contributed by atoms with van der Waals surface area (Å²) < 4.78 is 28.8. The van der Waals surface area contributed by atoms with Crippen molar-refractivity contribution in [1.29, 1.82) is 0 Å². The average molecular weight is 623 g/mol. The van der Waals surface area contributed by atoms with Gasteiger partial charge < -0.3 is 15.5 Å². The maximum absolute atomic E-state index is 13.5. The molecule has 1 aliphatic rings. The number of anilines is 1. The molecule has 3 aromatic carbocycles. The van der Waals surface area contributed by atoms with E-state index in [2.05, 4.69) is 26.6 Å². The largest absolute Gasteiger partial charge is 0.364 e. The smallest absolute Gasteiger partial charge is 0.295 e. The lowest BCUT2D eigenvalue weighted by Crippen LogP contribution is -2.34. The highest BCUT2D eigenvalue weighted by Crippen LogP contribution is 2.27. The van der Waals surface area contributed by atoms with Gasteiger partial charge in [0.25, 0.3) is 15.9 Å². The van der Waals surface area contributed by atoms with Gasteiger partial charge in [-0.1, -0.05) is 51.4 Å². The fourth-order valence-corrected chi connectivity index (χ4v) is 5.81. The first-order chi connectivity index (χ1) is 17.9. The highest BCUT2D eigenvalue weighted by atomic mass is 79.9. The number of nitrogens with one attached hydrogen (secondary N) is 2. The summed E-state index contributed by atoms with van der Waals surface area (Å²) >= 11 is 3.37. The van der Waals surface area contributed by atoms with E-state index >= 15 is 0 Å². The van der Waals surface area contributed by atoms with E-state index in [0.29, 0.717) is 23.5 Å². The third-order valence-electron chi connectivity index (χ3n) is 6.39. The number of sulfonamides is 1. The Bertz CT molecular complexity index is 1250. The first-order valence-electron chi connectivity index (χ1n) is 12.6. The Morgan fingerprint density at radius 3 is 2.26 bits per heavy atom. The van der Waals surface area contributed by atoms with Gasteiger partial charge in [0.05, 0.1) is 10.6 Å². The van der Waals surface area contributed by atoms with Crippen molar-refractivity contribution < 1.29 is 18.0 Å². The van der Waals surface area contributed by atoms with Crippen molar-refractivity contribution in [1.82, 2.24) is 10.6 Å². The second-order valence-corrected chi connectivity index (χ2v) is 11.8. The number of carbonyl (C=O) groups is 1. The van der Waals surface area contributed by atoms with Gasteiger partial charge >= 0.3 is 0 Å². The molecule has 7 nitrogen and oxygen atoms in total. The van der Waals surface area contributed by atoms with E-state index in [1.54, 1.807) is 54.6 Å². The van der Waals surface area contributed by atoms with Crippen LogP contribution in [0.3, 0.4) is 0 Å². The van der Waals surface area contributed by atoms with Gasteiger partial charge in [-0.2, -0.15) is 8.42 Å². The molecule has 0 aliphatic carbocycles. The zero-order chi connectivity index (χ0) is 26.1. The summed E-state index contributed by atoms with van der Waals surface area (Å²) in [6.07, 6.45) is 5.69. The van der Waals surface area contributed by atoms with Crippen LogP contribution in [-0.4, -0.2) is 34.0 Å². The monoisotopic (exact) mass is 621 g/mol. The third kappa shape index (κ3) is 8.20. The van der Waals surface area contributed by atoms with Crippen molar-refractivity contribution in [2.45, 2.75) is 37.0 Å². The zero-order valence-electron chi connectivity index (χ0n) is 21.0. The second kappa shape index (κ2) is 14.5. The Balaban J connectivity index is 0.00000400. The highest BCUT2D eigenvalue weighted by Gasteiger charge is 2.28. The van der Waals surface area contributed by atoms with E-state index < -0.39 is 10.0 Å². The minimum atomic E-state index is -4.08. The van der Waals surface area contributed by atoms with Crippen LogP contribution in [-0.2, 0) is 10.0 Å². The molecule has 1 heterocycles. The van der Waals surface area contributed by atoms with Crippen molar-refractivity contribution in [2.24, 2.45) is 5.92 Å². The standard InChI is InChI=1S/C28H32BrN3O4S.ClH/c29-24-11-13-26(14-12-24)36-32(25-7-2-1-3-8-25)37(34,35)27-15-9-23(10-16-27)28(33)31-19-5-4-6-22-17-20-30-21-18-22;/h1-3,7-16,22,30H,4-6,17-21H2,(H,31,33);1H. The van der Waals surface area contributed by atoms with Crippen molar-refractivity contribution in [3.8, 4) is 5.75 Å². The van der Waals surface area contributed by atoms with Crippen LogP contribution in [0.1, 0.15) is 42.5 Å². The number of rotatable bonds is 11. The van der Waals surface area contributed by atoms with Gasteiger partial charge in [-0.3, -0.25) is 4.79 Å². The Kier molecular flexibility index (Phi) is 11.5. The van der Waals surface area contributed by atoms with Crippen LogP contribution >= 0.6 is 28.3 Å². The summed E-state index contributed by atoms with van der Waals surface area (Å²) in [6.45, 7) is 2.81. The number of unbranched alkanes of at least 4 members (excludes halogenated alkanes) is 1. The molecule has 0 aromatic heterocycles. The Morgan fingerprint density at radius 1 is 0.947 bits per heavy atom. The Hall–Kier alpha value is -2.59. The first-order valence-corrected chi connectivity index (χ1v) is 14.8. The van der Waals surface area contributed by atoms with Gasteiger partial charge in [-0.05, 0) is 98.9 Å². The van der Waals surface area contributed by atoms with Gasteiger partial charge in [-0.25, -0.2) is 0 Å².